The molecule has 1 aromatic heterocycles. The number of aliphatic hydroxyl groups excluding tert-OH is 1. The van der Waals surface area contributed by atoms with E-state index in [9.17, 15) is 18.3 Å². The van der Waals surface area contributed by atoms with Crippen LogP contribution >= 0.6 is 0 Å². The van der Waals surface area contributed by atoms with Crippen LogP contribution in [0.1, 0.15) is 61.6 Å². The van der Waals surface area contributed by atoms with Gasteiger partial charge < -0.3 is 31.3 Å². The number of piperazine rings is 1. The molecule has 5 N–H and O–H groups in total. The molecule has 5 rings (SSSR count). The highest BCUT2D eigenvalue weighted by atomic mass is 32.2. The van der Waals surface area contributed by atoms with Crippen molar-refractivity contribution < 1.29 is 18.3 Å². The number of hydrogen-bond acceptors (Lipinski definition) is 11. The summed E-state index contributed by atoms with van der Waals surface area (Å²) < 4.78 is 28.5. The van der Waals surface area contributed by atoms with Crippen molar-refractivity contribution in [2.75, 3.05) is 75.9 Å². The maximum atomic E-state index is 13.6. The lowest BCUT2D eigenvalue weighted by atomic mass is 9.93. The van der Waals surface area contributed by atoms with Crippen molar-refractivity contribution in [3.05, 3.63) is 29.6 Å². The monoisotopic (exact) mass is 643 g/mol. The van der Waals surface area contributed by atoms with E-state index in [0.717, 1.165) is 65.0 Å². The van der Waals surface area contributed by atoms with Crippen molar-refractivity contribution >= 4 is 38.9 Å². The first kappa shape index (κ1) is 33.3. The van der Waals surface area contributed by atoms with Crippen molar-refractivity contribution in [1.29, 1.82) is 0 Å². The zero-order valence-corrected chi connectivity index (χ0v) is 27.8. The van der Waals surface area contributed by atoms with E-state index in [1.54, 1.807) is 6.07 Å². The summed E-state index contributed by atoms with van der Waals surface area (Å²) >= 11 is 0. The van der Waals surface area contributed by atoms with Crippen LogP contribution in [0.5, 0.6) is 0 Å². The molecule has 0 unspecified atom stereocenters. The normalized spacial score (nSPS) is 22.5. The number of nitrogens with zero attached hydrogens (tertiary/aromatic N) is 6. The van der Waals surface area contributed by atoms with Crippen molar-refractivity contribution in [2.24, 2.45) is 5.73 Å². The van der Waals surface area contributed by atoms with Gasteiger partial charge in [0, 0.05) is 71.1 Å². The van der Waals surface area contributed by atoms with Crippen LogP contribution < -0.4 is 21.3 Å². The van der Waals surface area contributed by atoms with Gasteiger partial charge in [-0.3, -0.25) is 9.69 Å². The summed E-state index contributed by atoms with van der Waals surface area (Å²) in [6.45, 7) is 7.75. The first-order valence-electron chi connectivity index (χ1n) is 16.1. The number of aromatic nitrogens is 2. The second-order valence-electron chi connectivity index (χ2n) is 12.7. The predicted octanol–water partition coefficient (Wildman–Crippen LogP) is 2.06. The molecule has 1 saturated carbocycles. The van der Waals surface area contributed by atoms with Crippen molar-refractivity contribution in [1.82, 2.24) is 24.1 Å². The molecule has 1 amide bonds. The number of carbonyl (C=O) groups excluding carboxylic acids is 1. The van der Waals surface area contributed by atoms with E-state index in [1.165, 1.54) is 18.4 Å². The van der Waals surface area contributed by atoms with Gasteiger partial charge in [-0.25, -0.2) is 22.7 Å². The van der Waals surface area contributed by atoms with Crippen LogP contribution in [0, 0.1) is 0 Å². The van der Waals surface area contributed by atoms with E-state index in [4.69, 9.17) is 10.7 Å². The minimum Gasteiger partial charge on any atom is -0.393 e. The molecule has 14 heteroatoms. The van der Waals surface area contributed by atoms with Crippen LogP contribution in [0.3, 0.4) is 0 Å². The van der Waals surface area contributed by atoms with Gasteiger partial charge in [-0.15, -0.1) is 0 Å². The third-order valence-corrected chi connectivity index (χ3v) is 11.3. The van der Waals surface area contributed by atoms with Gasteiger partial charge in [0.2, 0.25) is 10.0 Å². The fourth-order valence-electron chi connectivity index (χ4n) is 6.56. The van der Waals surface area contributed by atoms with Crippen molar-refractivity contribution in [3.63, 3.8) is 0 Å². The maximum absolute atomic E-state index is 13.6. The number of amides is 1. The average molecular weight is 644 g/mol. The molecule has 248 valence electrons. The highest BCUT2D eigenvalue weighted by Crippen LogP contribution is 2.34. The lowest BCUT2D eigenvalue weighted by Gasteiger charge is -2.43. The Morgan fingerprint density at radius 1 is 1.00 bits per heavy atom. The molecule has 0 radical (unpaired) electrons. The number of aryl methyl sites for hydroxylation is 1. The molecule has 1 aromatic carbocycles. The molecule has 0 atom stereocenters. The van der Waals surface area contributed by atoms with Gasteiger partial charge in [0.1, 0.15) is 10.7 Å². The van der Waals surface area contributed by atoms with Gasteiger partial charge in [-0.2, -0.15) is 0 Å². The number of carbonyl (C=O) groups is 1. The van der Waals surface area contributed by atoms with Gasteiger partial charge in [-0.05, 0) is 70.2 Å². The van der Waals surface area contributed by atoms with E-state index in [0.29, 0.717) is 48.2 Å². The van der Waals surface area contributed by atoms with Gasteiger partial charge in [0.15, 0.2) is 11.5 Å². The number of nitrogens with one attached hydrogen (secondary N) is 2. The topological polar surface area (TPSA) is 160 Å². The molecule has 2 saturated heterocycles. The van der Waals surface area contributed by atoms with Crippen LogP contribution in [0.4, 0.5) is 23.0 Å². The molecule has 0 bridgehead atoms. The van der Waals surface area contributed by atoms with Gasteiger partial charge in [0.25, 0.3) is 5.91 Å². The summed E-state index contributed by atoms with van der Waals surface area (Å²) in [5.41, 5.74) is 7.46. The summed E-state index contributed by atoms with van der Waals surface area (Å²) in [5, 5.41) is 16.5. The third-order valence-electron chi connectivity index (χ3n) is 9.41. The quantitative estimate of drug-likeness (QED) is 0.300. The van der Waals surface area contributed by atoms with E-state index < -0.39 is 15.9 Å². The number of piperidine rings is 1. The Kier molecular flexibility index (Phi) is 10.5. The molecule has 3 heterocycles. The summed E-state index contributed by atoms with van der Waals surface area (Å²) in [7, 11) is 1.41. The lowest BCUT2D eigenvalue weighted by molar-refractivity contribution is 0.0981. The number of anilines is 4. The average Bonchev–Trinajstić information content (AvgIpc) is 3.02. The van der Waals surface area contributed by atoms with E-state index in [2.05, 4.69) is 37.4 Å². The maximum Gasteiger partial charge on any atom is 0.271 e. The summed E-state index contributed by atoms with van der Waals surface area (Å²) in [5.74, 6) is -0.0210. The summed E-state index contributed by atoms with van der Waals surface area (Å²) in [6, 6.07) is 5.87. The van der Waals surface area contributed by atoms with E-state index in [1.807, 2.05) is 19.1 Å². The first-order chi connectivity index (χ1) is 21.5. The molecule has 13 nitrogen and oxygen atoms in total. The third kappa shape index (κ3) is 7.68. The molecule has 2 aliphatic heterocycles. The largest absolute Gasteiger partial charge is 0.393 e. The summed E-state index contributed by atoms with van der Waals surface area (Å²) in [6.07, 6.45) is 5.22. The number of benzene rings is 1. The highest BCUT2D eigenvalue weighted by molar-refractivity contribution is 7.89. The molecule has 2 aromatic rings. The molecular weight excluding hydrogens is 594 g/mol. The predicted molar refractivity (Wildman–Crippen MR) is 177 cm³/mol. The van der Waals surface area contributed by atoms with Crippen LogP contribution in [-0.4, -0.2) is 122 Å². The number of sulfonamides is 1. The fraction of sp³-hybridized carbons (Fsp3) is 0.645. The minimum atomic E-state index is -3.81. The number of likely N-dealkylation sites (N-methyl/N-ethyl adjacent to an activating group) is 1. The Morgan fingerprint density at radius 3 is 2.27 bits per heavy atom. The van der Waals surface area contributed by atoms with E-state index in [-0.39, 0.29) is 28.6 Å². The van der Waals surface area contributed by atoms with Gasteiger partial charge >= 0.3 is 0 Å². The van der Waals surface area contributed by atoms with Crippen LogP contribution in [-0.2, 0) is 16.4 Å². The van der Waals surface area contributed by atoms with Crippen LogP contribution in [0.15, 0.2) is 23.1 Å². The zero-order valence-electron chi connectivity index (χ0n) is 27.0. The second kappa shape index (κ2) is 14.2. The Balaban J connectivity index is 1.41. The molecule has 3 aliphatic rings. The molecule has 45 heavy (non-hydrogen) atoms. The number of rotatable bonds is 10. The van der Waals surface area contributed by atoms with Gasteiger partial charge in [0.05, 0.1) is 17.5 Å². The molecular formula is C31H49N9O4S. The molecule has 1 aliphatic carbocycles. The summed E-state index contributed by atoms with van der Waals surface area (Å²) in [4.78, 5) is 29.1. The Morgan fingerprint density at radius 2 is 1.67 bits per heavy atom. The van der Waals surface area contributed by atoms with Crippen molar-refractivity contribution in [2.45, 2.75) is 75.0 Å². The van der Waals surface area contributed by atoms with Crippen LogP contribution in [0.2, 0.25) is 0 Å². The Labute approximate surface area is 267 Å². The number of hydrogen-bond donors (Lipinski definition) is 4. The first-order valence-corrected chi connectivity index (χ1v) is 17.6. The standard InChI is InChI=1S/C31H49N9O4S/c1-5-25-30(33-21-6-9-24(41)10-7-21)36-31(28(35-25)29(32)42)34-22-8-11-26(27(20-22)45(43,44)37(2)3)40-14-12-23(13-15-40)39-18-16-38(4)17-19-39/h8,11,20-21,23-24,41H,5-7,9-10,12-19H2,1-4H3,(H2,32,42)(H2,33,34,36). The zero-order chi connectivity index (χ0) is 32.3. The van der Waals surface area contributed by atoms with Crippen LogP contribution in [0.25, 0.3) is 0 Å². The molecule has 0 spiro atoms. The SMILES string of the molecule is CCc1nc(C(N)=O)c(Nc2ccc(N3CCC(N4CCN(C)CC4)CC3)c(S(=O)(=O)N(C)C)c2)nc1NC1CCC(O)CC1. The Hall–Kier alpha value is -3.04. The molecule has 3 fully saturated rings. The van der Waals surface area contributed by atoms with E-state index >= 15 is 0 Å². The minimum absolute atomic E-state index is 0.0106. The number of aliphatic hydroxyl groups is 1. The highest BCUT2D eigenvalue weighted by Gasteiger charge is 2.31. The fourth-order valence-corrected chi connectivity index (χ4v) is 7.69. The van der Waals surface area contributed by atoms with Crippen molar-refractivity contribution in [3.8, 4) is 0 Å². The number of nitrogens with two attached hydrogens (primary N) is 1. The van der Waals surface area contributed by atoms with Gasteiger partial charge in [-0.1, -0.05) is 6.92 Å². The Bertz CT molecular complexity index is 1450. The smallest absolute Gasteiger partial charge is 0.271 e. The lowest BCUT2D eigenvalue weighted by Crippen LogP contribution is -2.52. The number of primary amides is 1. The second-order valence-corrected chi connectivity index (χ2v) is 14.9.